The fourth-order valence-electron chi connectivity index (χ4n) is 2.83. The highest BCUT2D eigenvalue weighted by atomic mass is 32.2. The van der Waals surface area contributed by atoms with E-state index < -0.39 is 10.0 Å². The Balaban J connectivity index is 1.73. The summed E-state index contributed by atoms with van der Waals surface area (Å²) in [5, 5.41) is 6.05. The lowest BCUT2D eigenvalue weighted by atomic mass is 10.1. The van der Waals surface area contributed by atoms with Gasteiger partial charge in [-0.15, -0.1) is 0 Å². The summed E-state index contributed by atoms with van der Waals surface area (Å²) >= 11 is 1.59. The van der Waals surface area contributed by atoms with E-state index in [1.54, 1.807) is 17.8 Å². The molecule has 0 radical (unpaired) electrons. The Hall–Kier alpha value is -2.03. The Morgan fingerprint density at radius 3 is 2.67 bits per heavy atom. The van der Waals surface area contributed by atoms with Gasteiger partial charge in [-0.25, -0.2) is 18.5 Å². The highest BCUT2D eigenvalue weighted by Crippen LogP contribution is 2.26. The molecule has 8 heteroatoms. The van der Waals surface area contributed by atoms with Gasteiger partial charge in [-0.05, 0) is 56.2 Å². The molecule has 0 amide bonds. The SMILES string of the molecule is CCn1c(SCCOc2cc(C)ccc2C)nc2cc(S(N)(=O)=O)ccc21. The van der Waals surface area contributed by atoms with Crippen LogP contribution in [0.3, 0.4) is 0 Å². The fourth-order valence-corrected chi connectivity index (χ4v) is 4.26. The minimum atomic E-state index is -3.74. The average Bonchev–Trinajstić information content (AvgIpc) is 2.97. The van der Waals surface area contributed by atoms with E-state index in [0.717, 1.165) is 34.3 Å². The zero-order chi connectivity index (χ0) is 19.6. The van der Waals surface area contributed by atoms with Crippen molar-refractivity contribution in [3.8, 4) is 5.75 Å². The average molecular weight is 406 g/mol. The van der Waals surface area contributed by atoms with E-state index in [1.165, 1.54) is 17.7 Å². The molecule has 3 rings (SSSR count). The second-order valence-corrected chi connectivity index (χ2v) is 8.92. The first-order valence-corrected chi connectivity index (χ1v) is 11.2. The van der Waals surface area contributed by atoms with Gasteiger partial charge in [-0.1, -0.05) is 23.9 Å². The molecule has 27 heavy (non-hydrogen) atoms. The minimum Gasteiger partial charge on any atom is -0.492 e. The number of sulfonamides is 1. The van der Waals surface area contributed by atoms with Gasteiger partial charge in [0.25, 0.3) is 0 Å². The predicted molar refractivity (Wildman–Crippen MR) is 109 cm³/mol. The maximum Gasteiger partial charge on any atom is 0.238 e. The van der Waals surface area contributed by atoms with Crippen molar-refractivity contribution in [3.05, 3.63) is 47.5 Å². The molecule has 0 saturated heterocycles. The van der Waals surface area contributed by atoms with Gasteiger partial charge in [-0.3, -0.25) is 0 Å². The number of imidazole rings is 1. The van der Waals surface area contributed by atoms with Crippen LogP contribution in [0.15, 0.2) is 46.5 Å². The van der Waals surface area contributed by atoms with Crippen molar-refractivity contribution in [1.29, 1.82) is 0 Å². The van der Waals surface area contributed by atoms with Crippen molar-refractivity contribution in [2.24, 2.45) is 5.14 Å². The van der Waals surface area contributed by atoms with Crippen LogP contribution in [0.25, 0.3) is 11.0 Å². The molecule has 1 heterocycles. The van der Waals surface area contributed by atoms with Crippen molar-refractivity contribution in [3.63, 3.8) is 0 Å². The van der Waals surface area contributed by atoms with Gasteiger partial charge in [0.05, 0.1) is 22.5 Å². The number of fused-ring (bicyclic) bond motifs is 1. The Morgan fingerprint density at radius 2 is 1.96 bits per heavy atom. The van der Waals surface area contributed by atoms with Gasteiger partial charge in [-0.2, -0.15) is 0 Å². The number of aryl methyl sites for hydroxylation is 3. The molecule has 0 unspecified atom stereocenters. The molecule has 144 valence electrons. The van der Waals surface area contributed by atoms with Gasteiger partial charge < -0.3 is 9.30 Å². The second-order valence-electron chi connectivity index (χ2n) is 6.30. The number of thioether (sulfide) groups is 1. The van der Waals surface area contributed by atoms with Crippen LogP contribution >= 0.6 is 11.8 Å². The maximum absolute atomic E-state index is 11.6. The second kappa shape index (κ2) is 7.92. The number of rotatable bonds is 7. The van der Waals surface area contributed by atoms with E-state index in [0.29, 0.717) is 12.1 Å². The van der Waals surface area contributed by atoms with E-state index in [4.69, 9.17) is 9.88 Å². The van der Waals surface area contributed by atoms with Gasteiger partial charge >= 0.3 is 0 Å². The van der Waals surface area contributed by atoms with Crippen molar-refractivity contribution < 1.29 is 13.2 Å². The zero-order valence-corrected chi connectivity index (χ0v) is 17.2. The lowest BCUT2D eigenvalue weighted by molar-refractivity contribution is 0.341. The molecule has 0 spiro atoms. The monoisotopic (exact) mass is 405 g/mol. The number of hydrogen-bond donors (Lipinski definition) is 1. The molecule has 0 saturated carbocycles. The summed E-state index contributed by atoms with van der Waals surface area (Å²) in [4.78, 5) is 4.66. The number of benzene rings is 2. The van der Waals surface area contributed by atoms with Crippen LogP contribution in [0.4, 0.5) is 0 Å². The van der Waals surface area contributed by atoms with E-state index in [-0.39, 0.29) is 4.90 Å². The van der Waals surface area contributed by atoms with Gasteiger partial charge in [0, 0.05) is 12.3 Å². The number of ether oxygens (including phenoxy) is 1. The molecule has 0 bridgehead atoms. The van der Waals surface area contributed by atoms with Crippen LogP contribution in [-0.2, 0) is 16.6 Å². The van der Waals surface area contributed by atoms with E-state index in [2.05, 4.69) is 21.7 Å². The molecular formula is C19H23N3O3S2. The highest BCUT2D eigenvalue weighted by Gasteiger charge is 2.14. The summed E-state index contributed by atoms with van der Waals surface area (Å²) in [5.74, 6) is 1.64. The summed E-state index contributed by atoms with van der Waals surface area (Å²) in [7, 11) is -3.74. The van der Waals surface area contributed by atoms with Crippen molar-refractivity contribution in [1.82, 2.24) is 9.55 Å². The Labute approximate surface area is 163 Å². The van der Waals surface area contributed by atoms with Crippen LogP contribution in [0.5, 0.6) is 5.75 Å². The molecule has 0 aliphatic heterocycles. The lowest BCUT2D eigenvalue weighted by Crippen LogP contribution is -2.11. The molecule has 6 nitrogen and oxygen atoms in total. The molecular weight excluding hydrogens is 382 g/mol. The third-order valence-corrected chi connectivity index (χ3v) is 6.10. The molecule has 2 aromatic carbocycles. The number of hydrogen-bond acceptors (Lipinski definition) is 5. The Kier molecular flexibility index (Phi) is 5.78. The van der Waals surface area contributed by atoms with Crippen molar-refractivity contribution >= 4 is 32.8 Å². The smallest absolute Gasteiger partial charge is 0.238 e. The first-order chi connectivity index (χ1) is 12.8. The highest BCUT2D eigenvalue weighted by molar-refractivity contribution is 7.99. The normalized spacial score (nSPS) is 11.9. The van der Waals surface area contributed by atoms with Crippen LogP contribution in [-0.4, -0.2) is 30.3 Å². The first kappa shape index (κ1) is 19.7. The number of nitrogens with zero attached hydrogens (tertiary/aromatic N) is 2. The predicted octanol–water partition coefficient (Wildman–Crippen LogP) is 3.49. The molecule has 0 aliphatic rings. The van der Waals surface area contributed by atoms with E-state index in [1.807, 2.05) is 26.8 Å². The third kappa shape index (κ3) is 4.45. The molecule has 0 fully saturated rings. The topological polar surface area (TPSA) is 87.2 Å². The largest absolute Gasteiger partial charge is 0.492 e. The minimum absolute atomic E-state index is 0.0746. The van der Waals surface area contributed by atoms with Gasteiger partial charge in [0.15, 0.2) is 5.16 Å². The summed E-state index contributed by atoms with van der Waals surface area (Å²) < 4.78 is 31.1. The molecule has 0 aliphatic carbocycles. The molecule has 2 N–H and O–H groups in total. The Bertz CT molecular complexity index is 1080. The summed E-state index contributed by atoms with van der Waals surface area (Å²) in [6.07, 6.45) is 0. The third-order valence-electron chi connectivity index (χ3n) is 4.25. The first-order valence-electron chi connectivity index (χ1n) is 8.65. The molecule has 3 aromatic rings. The summed E-state index contributed by atoms with van der Waals surface area (Å²) in [6, 6.07) is 10.9. The standard InChI is InChI=1S/C19H23N3O3S2/c1-4-22-17-8-7-15(27(20,23)24)12-16(17)21-19(22)26-10-9-25-18-11-13(2)5-6-14(18)3/h5-8,11-12H,4,9-10H2,1-3H3,(H2,20,23,24). The van der Waals surface area contributed by atoms with Gasteiger partial charge in [0.1, 0.15) is 5.75 Å². The number of nitrogens with two attached hydrogens (primary N) is 1. The van der Waals surface area contributed by atoms with Crippen LogP contribution < -0.4 is 9.88 Å². The van der Waals surface area contributed by atoms with E-state index >= 15 is 0 Å². The molecule has 0 atom stereocenters. The van der Waals surface area contributed by atoms with Crippen LogP contribution in [0.2, 0.25) is 0 Å². The van der Waals surface area contributed by atoms with Crippen molar-refractivity contribution in [2.75, 3.05) is 12.4 Å². The zero-order valence-electron chi connectivity index (χ0n) is 15.6. The number of aromatic nitrogens is 2. The van der Waals surface area contributed by atoms with Crippen LogP contribution in [0.1, 0.15) is 18.1 Å². The fraction of sp³-hybridized carbons (Fsp3) is 0.316. The quantitative estimate of drug-likeness (QED) is 0.480. The van der Waals surface area contributed by atoms with Gasteiger partial charge in [0.2, 0.25) is 10.0 Å². The summed E-state index contributed by atoms with van der Waals surface area (Å²) in [5.41, 5.74) is 3.80. The van der Waals surface area contributed by atoms with E-state index in [9.17, 15) is 8.42 Å². The van der Waals surface area contributed by atoms with Crippen molar-refractivity contribution in [2.45, 2.75) is 37.4 Å². The lowest BCUT2D eigenvalue weighted by Gasteiger charge is -2.10. The Morgan fingerprint density at radius 1 is 1.19 bits per heavy atom. The maximum atomic E-state index is 11.6. The van der Waals surface area contributed by atoms with Crippen LogP contribution in [0, 0.1) is 13.8 Å². The summed E-state index contributed by atoms with van der Waals surface area (Å²) in [6.45, 7) is 7.41. The molecule has 1 aromatic heterocycles. The number of primary sulfonamides is 1.